The molecule has 36 heavy (non-hydrogen) atoms. The summed E-state index contributed by atoms with van der Waals surface area (Å²) in [6.07, 6.45) is 1.60. The number of fused-ring (bicyclic) bond motifs is 2. The van der Waals surface area contributed by atoms with Crippen LogP contribution in [0.3, 0.4) is 0 Å². The van der Waals surface area contributed by atoms with Crippen LogP contribution in [0, 0.1) is 0 Å². The highest BCUT2D eigenvalue weighted by atomic mass is 16.5. The van der Waals surface area contributed by atoms with Gasteiger partial charge in [-0.3, -0.25) is 24.4 Å². The second-order valence-corrected chi connectivity index (χ2v) is 9.23. The smallest absolute Gasteiger partial charge is 0.198 e. The van der Waals surface area contributed by atoms with Gasteiger partial charge in [-0.05, 0) is 18.2 Å². The largest absolute Gasteiger partial charge is 0.496 e. The van der Waals surface area contributed by atoms with Gasteiger partial charge in [-0.25, -0.2) is 4.98 Å². The van der Waals surface area contributed by atoms with Gasteiger partial charge in [-0.15, -0.1) is 0 Å². The molecular weight excluding hydrogens is 452 g/mol. The Kier molecular flexibility index (Phi) is 5.59. The fraction of sp³-hybridized carbons (Fsp3) is 0.241. The van der Waals surface area contributed by atoms with Crippen molar-refractivity contribution in [3.8, 4) is 5.75 Å². The van der Waals surface area contributed by atoms with Crippen LogP contribution in [0.1, 0.15) is 32.0 Å². The molecule has 4 aromatic rings. The minimum atomic E-state index is -1.50. The van der Waals surface area contributed by atoms with E-state index in [9.17, 15) is 9.59 Å². The maximum absolute atomic E-state index is 14.1. The van der Waals surface area contributed by atoms with E-state index in [1.54, 1.807) is 37.6 Å². The van der Waals surface area contributed by atoms with Crippen molar-refractivity contribution >= 4 is 22.6 Å². The number of benzene rings is 3. The van der Waals surface area contributed by atoms with Crippen LogP contribution in [0.2, 0.25) is 0 Å². The standard InChI is InChI=1S/C29H26N4O3/c1-36-25-13-7-2-8-20(25)19-32-14-16-33(17-15-32)29(26-18-30-23-11-5-6-12-24(23)31-26)27(34)21-9-3-4-10-22(21)28(29)35/h2-13,18H,14-17,19H2,1H3. The molecule has 0 unspecified atom stereocenters. The van der Waals surface area contributed by atoms with E-state index in [1.165, 1.54) is 0 Å². The number of methoxy groups -OCH3 is 1. The number of ketones is 2. The number of carbonyl (C=O) groups is 2. The number of hydrogen-bond acceptors (Lipinski definition) is 7. The molecule has 1 aliphatic heterocycles. The van der Waals surface area contributed by atoms with Crippen LogP contribution in [-0.2, 0) is 12.1 Å². The topological polar surface area (TPSA) is 75.6 Å². The van der Waals surface area contributed by atoms with Crippen LogP contribution in [0.4, 0.5) is 0 Å². The fourth-order valence-corrected chi connectivity index (χ4v) is 5.50. The molecule has 6 rings (SSSR count). The molecule has 2 heterocycles. The molecule has 0 saturated carbocycles. The van der Waals surface area contributed by atoms with Crippen LogP contribution in [0.25, 0.3) is 11.0 Å². The summed E-state index contributed by atoms with van der Waals surface area (Å²) in [5.41, 5.74) is 2.31. The maximum Gasteiger partial charge on any atom is 0.198 e. The van der Waals surface area contributed by atoms with E-state index in [1.807, 2.05) is 47.4 Å². The lowest BCUT2D eigenvalue weighted by Crippen LogP contribution is -2.60. The number of aromatic nitrogens is 2. The van der Waals surface area contributed by atoms with Crippen LogP contribution < -0.4 is 4.74 Å². The maximum atomic E-state index is 14.1. The first-order valence-corrected chi connectivity index (χ1v) is 12.1. The van der Waals surface area contributed by atoms with E-state index in [2.05, 4.69) is 16.0 Å². The van der Waals surface area contributed by atoms with Crippen LogP contribution in [0.5, 0.6) is 5.75 Å². The summed E-state index contributed by atoms with van der Waals surface area (Å²) in [6, 6.07) is 22.6. The number of carbonyl (C=O) groups excluding carboxylic acids is 2. The van der Waals surface area contributed by atoms with Crippen molar-refractivity contribution in [2.24, 2.45) is 0 Å². The molecule has 0 spiro atoms. The number of para-hydroxylation sites is 3. The van der Waals surface area contributed by atoms with E-state index >= 15 is 0 Å². The predicted molar refractivity (Wildman–Crippen MR) is 136 cm³/mol. The third kappa shape index (κ3) is 3.43. The third-order valence-electron chi connectivity index (χ3n) is 7.33. The summed E-state index contributed by atoms with van der Waals surface area (Å²) in [7, 11) is 1.68. The normalized spacial score (nSPS) is 17.9. The van der Waals surface area contributed by atoms with Crippen molar-refractivity contribution in [1.29, 1.82) is 0 Å². The van der Waals surface area contributed by atoms with Gasteiger partial charge in [0.15, 0.2) is 17.1 Å². The van der Waals surface area contributed by atoms with E-state index in [-0.39, 0.29) is 11.6 Å². The van der Waals surface area contributed by atoms with Crippen LogP contribution in [-0.4, -0.2) is 64.6 Å². The highest BCUT2D eigenvalue weighted by Gasteiger charge is 2.59. The van der Waals surface area contributed by atoms with E-state index in [0.29, 0.717) is 48.5 Å². The van der Waals surface area contributed by atoms with Crippen molar-refractivity contribution in [3.63, 3.8) is 0 Å². The number of rotatable bonds is 5. The van der Waals surface area contributed by atoms with Gasteiger partial charge in [0.1, 0.15) is 5.75 Å². The Bertz CT molecular complexity index is 1440. The third-order valence-corrected chi connectivity index (χ3v) is 7.33. The fourth-order valence-electron chi connectivity index (χ4n) is 5.50. The lowest BCUT2D eigenvalue weighted by molar-refractivity contribution is 0.0265. The number of nitrogens with zero attached hydrogens (tertiary/aromatic N) is 4. The molecule has 7 heteroatoms. The molecule has 0 radical (unpaired) electrons. The average Bonchev–Trinajstić information content (AvgIpc) is 3.16. The van der Waals surface area contributed by atoms with Crippen LogP contribution >= 0.6 is 0 Å². The quantitative estimate of drug-likeness (QED) is 0.405. The molecule has 3 aromatic carbocycles. The predicted octanol–water partition coefficient (Wildman–Crippen LogP) is 3.73. The van der Waals surface area contributed by atoms with Gasteiger partial charge in [-0.1, -0.05) is 54.6 Å². The molecule has 1 fully saturated rings. The lowest BCUT2D eigenvalue weighted by Gasteiger charge is -2.43. The average molecular weight is 479 g/mol. The van der Waals surface area contributed by atoms with Gasteiger partial charge in [-0.2, -0.15) is 0 Å². The zero-order valence-electron chi connectivity index (χ0n) is 20.1. The summed E-state index contributed by atoms with van der Waals surface area (Å²) in [4.78, 5) is 41.8. The molecule has 1 aromatic heterocycles. The first kappa shape index (κ1) is 22.5. The number of hydrogen-bond donors (Lipinski definition) is 0. The lowest BCUT2D eigenvalue weighted by atomic mass is 9.86. The summed E-state index contributed by atoms with van der Waals surface area (Å²) in [5, 5.41) is 0. The molecule has 180 valence electrons. The highest BCUT2D eigenvalue weighted by molar-refractivity contribution is 6.32. The number of piperazine rings is 1. The van der Waals surface area contributed by atoms with Gasteiger partial charge in [0, 0.05) is 49.4 Å². The Hall–Kier alpha value is -3.94. The van der Waals surface area contributed by atoms with Crippen LogP contribution in [0.15, 0.2) is 79.0 Å². The zero-order valence-corrected chi connectivity index (χ0v) is 20.1. The molecule has 0 bridgehead atoms. The first-order chi connectivity index (χ1) is 17.6. The van der Waals surface area contributed by atoms with Gasteiger partial charge >= 0.3 is 0 Å². The molecule has 1 aliphatic carbocycles. The molecule has 1 saturated heterocycles. The highest BCUT2D eigenvalue weighted by Crippen LogP contribution is 2.42. The molecule has 0 atom stereocenters. The summed E-state index contributed by atoms with van der Waals surface area (Å²) in [5.74, 6) is 0.427. The molecule has 0 N–H and O–H groups in total. The summed E-state index contributed by atoms with van der Waals surface area (Å²) < 4.78 is 5.52. The first-order valence-electron chi connectivity index (χ1n) is 12.1. The van der Waals surface area contributed by atoms with Crippen molar-refractivity contribution in [2.75, 3.05) is 33.3 Å². The minimum absolute atomic E-state index is 0.217. The van der Waals surface area contributed by atoms with Gasteiger partial charge < -0.3 is 4.74 Å². The number of Topliss-reactive ketones (excluding diaryl/α,β-unsaturated/α-hetero) is 2. The zero-order chi connectivity index (χ0) is 24.7. The molecule has 0 amide bonds. The second-order valence-electron chi connectivity index (χ2n) is 9.23. The second kappa shape index (κ2) is 8.93. The van der Waals surface area contributed by atoms with Crippen molar-refractivity contribution in [2.45, 2.75) is 12.1 Å². The minimum Gasteiger partial charge on any atom is -0.496 e. The Balaban J connectivity index is 1.36. The molecular formula is C29H26N4O3. The van der Waals surface area contributed by atoms with Gasteiger partial charge in [0.25, 0.3) is 0 Å². The van der Waals surface area contributed by atoms with E-state index in [0.717, 1.165) is 23.4 Å². The number of ether oxygens (including phenoxy) is 1. The van der Waals surface area contributed by atoms with E-state index in [4.69, 9.17) is 9.72 Å². The SMILES string of the molecule is COc1ccccc1CN1CCN(C2(c3cnc4ccccc4n3)C(=O)c3ccccc3C2=O)CC1. The summed E-state index contributed by atoms with van der Waals surface area (Å²) in [6.45, 7) is 3.25. The van der Waals surface area contributed by atoms with Gasteiger partial charge in [0.2, 0.25) is 0 Å². The van der Waals surface area contributed by atoms with E-state index < -0.39 is 5.54 Å². The molecule has 2 aliphatic rings. The molecule has 7 nitrogen and oxygen atoms in total. The van der Waals surface area contributed by atoms with Crippen molar-refractivity contribution < 1.29 is 14.3 Å². The Morgan fingerprint density at radius 1 is 0.806 bits per heavy atom. The Labute approximate surface area is 209 Å². The summed E-state index contributed by atoms with van der Waals surface area (Å²) >= 11 is 0. The monoisotopic (exact) mass is 478 g/mol. The van der Waals surface area contributed by atoms with Crippen molar-refractivity contribution in [1.82, 2.24) is 19.8 Å². The van der Waals surface area contributed by atoms with Crippen molar-refractivity contribution in [3.05, 3.63) is 101 Å². The van der Waals surface area contributed by atoms with Gasteiger partial charge in [0.05, 0.1) is 30.0 Å². The Morgan fingerprint density at radius 3 is 2.11 bits per heavy atom. The Morgan fingerprint density at radius 2 is 1.42 bits per heavy atom.